The minimum atomic E-state index is -3.57. The number of nitrogens with one attached hydrogen (secondary N) is 3. The fraction of sp³-hybridized carbons (Fsp3) is 0.562. The number of hydrogen-bond acceptors (Lipinski definition) is 4. The average molecular weight is 374 g/mol. The molecule has 2 aliphatic rings. The molecule has 24 heavy (non-hydrogen) atoms. The van der Waals surface area contributed by atoms with E-state index in [1.54, 1.807) is 12.1 Å². The lowest BCUT2D eigenvalue weighted by Crippen LogP contribution is -2.36. The topological polar surface area (TPSA) is 87.3 Å². The number of halogens is 1. The minimum absolute atomic E-state index is 0. The summed E-state index contributed by atoms with van der Waals surface area (Å²) in [6.45, 7) is 1.65. The first kappa shape index (κ1) is 19.2. The third kappa shape index (κ3) is 4.69. The van der Waals surface area contributed by atoms with Gasteiger partial charge in [0.25, 0.3) is 5.91 Å². The van der Waals surface area contributed by atoms with E-state index in [4.69, 9.17) is 0 Å². The monoisotopic (exact) mass is 373 g/mol. The van der Waals surface area contributed by atoms with Crippen LogP contribution in [-0.2, 0) is 10.0 Å². The Kier molecular flexibility index (Phi) is 6.62. The third-order valence-corrected chi connectivity index (χ3v) is 6.00. The van der Waals surface area contributed by atoms with Crippen molar-refractivity contribution in [1.29, 1.82) is 0 Å². The van der Waals surface area contributed by atoms with Crippen molar-refractivity contribution in [2.45, 2.75) is 49.1 Å². The summed E-state index contributed by atoms with van der Waals surface area (Å²) in [4.78, 5) is 12.4. The Morgan fingerprint density at radius 2 is 1.88 bits per heavy atom. The molecule has 1 aromatic rings. The smallest absolute Gasteiger partial charge is 0.251 e. The van der Waals surface area contributed by atoms with Gasteiger partial charge in [0.2, 0.25) is 10.0 Å². The van der Waals surface area contributed by atoms with Crippen molar-refractivity contribution in [3.05, 3.63) is 29.8 Å². The Morgan fingerprint density at radius 3 is 2.54 bits per heavy atom. The van der Waals surface area contributed by atoms with Crippen molar-refractivity contribution in [2.24, 2.45) is 0 Å². The molecular weight excluding hydrogens is 350 g/mol. The van der Waals surface area contributed by atoms with E-state index >= 15 is 0 Å². The number of carbonyl (C=O) groups excluding carboxylic acids is 1. The largest absolute Gasteiger partial charge is 0.348 e. The van der Waals surface area contributed by atoms with Crippen molar-refractivity contribution in [2.75, 3.05) is 13.1 Å². The van der Waals surface area contributed by atoms with Crippen molar-refractivity contribution < 1.29 is 13.2 Å². The quantitative estimate of drug-likeness (QED) is 0.728. The van der Waals surface area contributed by atoms with Crippen molar-refractivity contribution in [3.8, 4) is 0 Å². The molecular formula is C16H24ClN3O3S. The number of amides is 1. The lowest BCUT2D eigenvalue weighted by atomic mass is 10.2. The van der Waals surface area contributed by atoms with Gasteiger partial charge in [0, 0.05) is 24.2 Å². The highest BCUT2D eigenvalue weighted by molar-refractivity contribution is 7.89. The fourth-order valence-corrected chi connectivity index (χ4v) is 4.53. The van der Waals surface area contributed by atoms with Crippen LogP contribution in [0.2, 0.25) is 0 Å². The summed E-state index contributed by atoms with van der Waals surface area (Å²) in [5, 5.41) is 6.11. The van der Waals surface area contributed by atoms with Gasteiger partial charge in [-0.3, -0.25) is 4.79 Å². The van der Waals surface area contributed by atoms with Gasteiger partial charge in [-0.15, -0.1) is 12.4 Å². The number of sulfonamides is 1. The Balaban J connectivity index is 0.00000208. The predicted molar refractivity (Wildman–Crippen MR) is 95.0 cm³/mol. The molecule has 0 radical (unpaired) electrons. The second-order valence-electron chi connectivity index (χ2n) is 6.29. The van der Waals surface area contributed by atoms with Gasteiger partial charge in [0.15, 0.2) is 0 Å². The van der Waals surface area contributed by atoms with Crippen molar-refractivity contribution in [1.82, 2.24) is 15.4 Å². The first-order chi connectivity index (χ1) is 11.0. The molecule has 2 fully saturated rings. The Morgan fingerprint density at radius 1 is 1.12 bits per heavy atom. The summed E-state index contributed by atoms with van der Waals surface area (Å²) in [6, 6.07) is 6.37. The molecule has 0 bridgehead atoms. The van der Waals surface area contributed by atoms with E-state index in [1.807, 2.05) is 0 Å². The number of hydrogen-bond donors (Lipinski definition) is 3. The highest BCUT2D eigenvalue weighted by Crippen LogP contribution is 2.21. The molecule has 1 heterocycles. The van der Waals surface area contributed by atoms with E-state index in [0.29, 0.717) is 5.56 Å². The number of benzene rings is 1. The number of carbonyl (C=O) groups is 1. The SMILES string of the molecule is Cl.O=C(NC1CCNC1)c1cccc(S(=O)(=O)NC2CCCC2)c1. The summed E-state index contributed by atoms with van der Waals surface area (Å²) in [6.07, 6.45) is 4.78. The molecule has 1 saturated heterocycles. The molecule has 1 amide bonds. The molecule has 8 heteroatoms. The average Bonchev–Trinajstić information content (AvgIpc) is 3.21. The van der Waals surface area contributed by atoms with Crippen LogP contribution in [0.25, 0.3) is 0 Å². The molecule has 6 nitrogen and oxygen atoms in total. The van der Waals surface area contributed by atoms with Gasteiger partial charge < -0.3 is 10.6 Å². The molecule has 0 aromatic heterocycles. The van der Waals surface area contributed by atoms with Crippen LogP contribution in [0.5, 0.6) is 0 Å². The molecule has 3 rings (SSSR count). The maximum absolute atomic E-state index is 12.5. The predicted octanol–water partition coefficient (Wildman–Crippen LogP) is 1.42. The van der Waals surface area contributed by atoms with E-state index in [9.17, 15) is 13.2 Å². The van der Waals surface area contributed by atoms with Crippen LogP contribution in [0.4, 0.5) is 0 Å². The van der Waals surface area contributed by atoms with Crippen molar-refractivity contribution in [3.63, 3.8) is 0 Å². The molecule has 134 valence electrons. The van der Waals surface area contributed by atoms with Crippen LogP contribution in [-0.4, -0.2) is 39.5 Å². The van der Waals surface area contributed by atoms with Gasteiger partial charge in [0.05, 0.1) is 4.90 Å². The standard InChI is InChI=1S/C16H23N3O3S.ClH/c20-16(18-14-8-9-17-11-14)12-4-3-7-15(10-12)23(21,22)19-13-5-1-2-6-13;/h3-4,7,10,13-14,17,19H,1-2,5-6,8-9,11H2,(H,18,20);1H. The first-order valence-electron chi connectivity index (χ1n) is 8.18. The Labute approximate surface area is 149 Å². The molecule has 1 saturated carbocycles. The zero-order chi connectivity index (χ0) is 16.3. The zero-order valence-corrected chi connectivity index (χ0v) is 15.1. The van der Waals surface area contributed by atoms with Gasteiger partial charge in [-0.1, -0.05) is 18.9 Å². The molecule has 3 N–H and O–H groups in total. The Bertz CT molecular complexity index is 669. The minimum Gasteiger partial charge on any atom is -0.348 e. The molecule has 0 spiro atoms. The van der Waals surface area contributed by atoms with Gasteiger partial charge in [-0.2, -0.15) is 0 Å². The van der Waals surface area contributed by atoms with Crippen molar-refractivity contribution >= 4 is 28.3 Å². The van der Waals surface area contributed by atoms with E-state index in [2.05, 4.69) is 15.4 Å². The second kappa shape index (κ2) is 8.29. The van der Waals surface area contributed by atoms with Crippen LogP contribution in [0, 0.1) is 0 Å². The number of rotatable bonds is 5. The van der Waals surface area contributed by atoms with Crippen LogP contribution in [0.3, 0.4) is 0 Å². The normalized spacial score (nSPS) is 21.4. The van der Waals surface area contributed by atoms with E-state index in [0.717, 1.165) is 45.2 Å². The van der Waals surface area contributed by atoms with E-state index in [1.165, 1.54) is 12.1 Å². The summed E-state index contributed by atoms with van der Waals surface area (Å²) < 4.78 is 27.7. The van der Waals surface area contributed by atoms with Gasteiger partial charge in [0.1, 0.15) is 0 Å². The first-order valence-corrected chi connectivity index (χ1v) is 9.67. The fourth-order valence-electron chi connectivity index (χ4n) is 3.18. The van der Waals surface area contributed by atoms with Gasteiger partial charge in [-0.25, -0.2) is 13.1 Å². The summed E-state index contributed by atoms with van der Waals surface area (Å²) in [5.41, 5.74) is 0.381. The van der Waals surface area contributed by atoms with E-state index in [-0.39, 0.29) is 35.3 Å². The molecule has 1 aliphatic heterocycles. The second-order valence-corrected chi connectivity index (χ2v) is 8.01. The lowest BCUT2D eigenvalue weighted by molar-refractivity contribution is 0.0940. The Hall–Kier alpha value is -1.15. The highest BCUT2D eigenvalue weighted by atomic mass is 35.5. The van der Waals surface area contributed by atoms with Gasteiger partial charge in [-0.05, 0) is 44.0 Å². The highest BCUT2D eigenvalue weighted by Gasteiger charge is 2.24. The van der Waals surface area contributed by atoms with Crippen LogP contribution < -0.4 is 15.4 Å². The lowest BCUT2D eigenvalue weighted by Gasteiger charge is -2.14. The van der Waals surface area contributed by atoms with E-state index < -0.39 is 10.0 Å². The molecule has 1 atom stereocenters. The summed E-state index contributed by atoms with van der Waals surface area (Å²) in [5.74, 6) is -0.225. The van der Waals surface area contributed by atoms with Crippen LogP contribution in [0.15, 0.2) is 29.2 Å². The van der Waals surface area contributed by atoms with Crippen LogP contribution in [0.1, 0.15) is 42.5 Å². The third-order valence-electron chi connectivity index (χ3n) is 4.48. The summed E-state index contributed by atoms with van der Waals surface area (Å²) in [7, 11) is -3.57. The maximum Gasteiger partial charge on any atom is 0.251 e. The summed E-state index contributed by atoms with van der Waals surface area (Å²) >= 11 is 0. The maximum atomic E-state index is 12.5. The molecule has 1 aliphatic carbocycles. The zero-order valence-electron chi connectivity index (χ0n) is 13.5. The van der Waals surface area contributed by atoms with Crippen LogP contribution >= 0.6 is 12.4 Å². The molecule has 1 unspecified atom stereocenters. The molecule has 1 aromatic carbocycles. The van der Waals surface area contributed by atoms with Gasteiger partial charge >= 0.3 is 0 Å².